The maximum absolute atomic E-state index is 11.4. The minimum atomic E-state index is -3.22. The highest BCUT2D eigenvalue weighted by Gasteiger charge is 2.08. The maximum Gasteiger partial charge on any atom is 0.213 e. The number of nitrogens with one attached hydrogen (secondary N) is 1. The minimum absolute atomic E-state index is 0. The molecule has 1 rings (SSSR count). The van der Waals surface area contributed by atoms with Crippen LogP contribution in [0.25, 0.3) is 0 Å². The molecule has 0 aliphatic rings. The first-order chi connectivity index (χ1) is 8.03. The lowest BCUT2D eigenvalue weighted by atomic mass is 10.1. The summed E-state index contributed by atoms with van der Waals surface area (Å²) in [7, 11) is -1.75. The second kappa shape index (κ2) is 8.31. The van der Waals surface area contributed by atoms with Crippen molar-refractivity contribution >= 4 is 28.1 Å². The second-order valence-corrected chi connectivity index (χ2v) is 5.62. The largest absolute Gasteiger partial charge is 0.399 e. The Balaban J connectivity index is 0.00000289. The van der Waals surface area contributed by atoms with Gasteiger partial charge in [0.05, 0.1) is 12.4 Å². The van der Waals surface area contributed by atoms with Gasteiger partial charge in [0.1, 0.15) is 0 Å². The van der Waals surface area contributed by atoms with Crippen LogP contribution in [0.1, 0.15) is 5.56 Å². The Morgan fingerprint density at radius 1 is 1.28 bits per heavy atom. The van der Waals surface area contributed by atoms with Crippen molar-refractivity contribution in [2.45, 2.75) is 6.42 Å². The molecule has 18 heavy (non-hydrogen) atoms. The summed E-state index contributed by atoms with van der Waals surface area (Å²) >= 11 is 0. The summed E-state index contributed by atoms with van der Waals surface area (Å²) in [5, 5.41) is 0. The number of methoxy groups -OCH3 is 1. The van der Waals surface area contributed by atoms with E-state index in [-0.39, 0.29) is 24.8 Å². The van der Waals surface area contributed by atoms with Crippen LogP contribution in [-0.4, -0.2) is 34.4 Å². The van der Waals surface area contributed by atoms with Crippen molar-refractivity contribution in [3.8, 4) is 0 Å². The van der Waals surface area contributed by atoms with E-state index in [1.165, 1.54) is 7.11 Å². The van der Waals surface area contributed by atoms with E-state index in [1.807, 2.05) is 12.1 Å². The van der Waals surface area contributed by atoms with E-state index in [2.05, 4.69) is 4.72 Å². The van der Waals surface area contributed by atoms with Crippen LogP contribution in [0.3, 0.4) is 0 Å². The van der Waals surface area contributed by atoms with Gasteiger partial charge in [0.25, 0.3) is 0 Å². The smallest absolute Gasteiger partial charge is 0.213 e. The topological polar surface area (TPSA) is 81.4 Å². The highest BCUT2D eigenvalue weighted by molar-refractivity contribution is 7.89. The van der Waals surface area contributed by atoms with Crippen LogP contribution in [0.15, 0.2) is 24.3 Å². The quantitative estimate of drug-likeness (QED) is 0.729. The number of nitrogen functional groups attached to an aromatic ring is 1. The number of rotatable bonds is 7. The third-order valence-corrected chi connectivity index (χ3v) is 3.62. The lowest BCUT2D eigenvalue weighted by Crippen LogP contribution is -2.29. The molecule has 0 atom stereocenters. The van der Waals surface area contributed by atoms with Gasteiger partial charge < -0.3 is 10.5 Å². The maximum atomic E-state index is 11.4. The van der Waals surface area contributed by atoms with Crippen molar-refractivity contribution in [2.24, 2.45) is 0 Å². The highest BCUT2D eigenvalue weighted by Crippen LogP contribution is 2.05. The molecule has 104 valence electrons. The average Bonchev–Trinajstić information content (AvgIpc) is 2.29. The van der Waals surface area contributed by atoms with Gasteiger partial charge in [-0.15, -0.1) is 12.4 Å². The van der Waals surface area contributed by atoms with Crippen LogP contribution >= 0.6 is 12.4 Å². The van der Waals surface area contributed by atoms with E-state index >= 15 is 0 Å². The van der Waals surface area contributed by atoms with E-state index in [1.54, 1.807) is 12.1 Å². The first kappa shape index (κ1) is 17.2. The Morgan fingerprint density at radius 3 is 2.44 bits per heavy atom. The fraction of sp³-hybridized carbons (Fsp3) is 0.455. The van der Waals surface area contributed by atoms with Gasteiger partial charge in [-0.05, 0) is 24.1 Å². The number of hydrogen-bond donors (Lipinski definition) is 2. The number of nitrogens with two attached hydrogens (primary N) is 1. The molecule has 1 aromatic rings. The van der Waals surface area contributed by atoms with Crippen LogP contribution in [0.5, 0.6) is 0 Å². The molecule has 0 fully saturated rings. The molecular weight excluding hydrogens is 276 g/mol. The zero-order valence-electron chi connectivity index (χ0n) is 10.3. The molecule has 3 N–H and O–H groups in total. The van der Waals surface area contributed by atoms with Crippen molar-refractivity contribution in [1.82, 2.24) is 4.72 Å². The van der Waals surface area contributed by atoms with Gasteiger partial charge in [0.2, 0.25) is 10.0 Å². The normalized spacial score (nSPS) is 10.9. The molecule has 1 aromatic carbocycles. The molecule has 0 aliphatic carbocycles. The lowest BCUT2D eigenvalue weighted by molar-refractivity contribution is 0.217. The minimum Gasteiger partial charge on any atom is -0.399 e. The molecule has 0 spiro atoms. The molecule has 0 saturated heterocycles. The molecule has 0 saturated carbocycles. The highest BCUT2D eigenvalue weighted by atomic mass is 35.5. The summed E-state index contributed by atoms with van der Waals surface area (Å²) in [4.78, 5) is 0. The van der Waals surface area contributed by atoms with Gasteiger partial charge in [-0.1, -0.05) is 12.1 Å². The van der Waals surface area contributed by atoms with E-state index < -0.39 is 10.0 Å². The number of benzene rings is 1. The zero-order chi connectivity index (χ0) is 12.7. The van der Waals surface area contributed by atoms with E-state index in [0.29, 0.717) is 18.7 Å². The summed E-state index contributed by atoms with van der Waals surface area (Å²) in [6.45, 7) is 0.590. The van der Waals surface area contributed by atoms with E-state index in [4.69, 9.17) is 10.5 Å². The molecule has 5 nitrogen and oxygen atoms in total. The monoisotopic (exact) mass is 294 g/mol. The third kappa shape index (κ3) is 6.80. The summed E-state index contributed by atoms with van der Waals surface area (Å²) in [6, 6.07) is 7.38. The zero-order valence-corrected chi connectivity index (χ0v) is 11.9. The van der Waals surface area contributed by atoms with Gasteiger partial charge in [0, 0.05) is 19.3 Å². The Hall–Kier alpha value is -0.820. The molecular formula is C11H19ClN2O3S. The van der Waals surface area contributed by atoms with Crippen molar-refractivity contribution in [1.29, 1.82) is 0 Å². The summed E-state index contributed by atoms with van der Waals surface area (Å²) in [5.41, 5.74) is 7.31. The van der Waals surface area contributed by atoms with Crippen molar-refractivity contribution in [2.75, 3.05) is 31.7 Å². The SMILES string of the molecule is COCCS(=O)(=O)NCCc1ccc(N)cc1.Cl. The first-order valence-electron chi connectivity index (χ1n) is 5.34. The standard InChI is InChI=1S/C11H18N2O3S.ClH/c1-16-8-9-17(14,15)13-7-6-10-2-4-11(12)5-3-10;/h2-5,13H,6-9,12H2,1H3;1H. The van der Waals surface area contributed by atoms with Crippen molar-refractivity contribution < 1.29 is 13.2 Å². The molecule has 0 unspecified atom stereocenters. The summed E-state index contributed by atoms with van der Waals surface area (Å²) in [5.74, 6) is -0.00869. The fourth-order valence-corrected chi connectivity index (χ4v) is 2.24. The van der Waals surface area contributed by atoms with Gasteiger partial charge in [0.15, 0.2) is 0 Å². The molecule has 0 heterocycles. The summed E-state index contributed by atoms with van der Waals surface area (Å²) in [6.07, 6.45) is 0.645. The van der Waals surface area contributed by atoms with Crippen LogP contribution in [0.2, 0.25) is 0 Å². The molecule has 0 aromatic heterocycles. The Morgan fingerprint density at radius 2 is 1.89 bits per heavy atom. The molecule has 0 radical (unpaired) electrons. The van der Waals surface area contributed by atoms with Crippen molar-refractivity contribution in [3.63, 3.8) is 0 Å². The predicted octanol–water partition coefficient (Wildman–Crippen LogP) is 0.799. The fourth-order valence-electron chi connectivity index (χ4n) is 1.30. The van der Waals surface area contributed by atoms with Crippen LogP contribution < -0.4 is 10.5 Å². The predicted molar refractivity (Wildman–Crippen MR) is 75.5 cm³/mol. The Bertz CT molecular complexity index is 434. The Kier molecular flexibility index (Phi) is 7.93. The van der Waals surface area contributed by atoms with Gasteiger partial charge in [-0.25, -0.2) is 13.1 Å². The second-order valence-electron chi connectivity index (χ2n) is 3.70. The molecule has 0 bridgehead atoms. The van der Waals surface area contributed by atoms with Crippen LogP contribution in [0, 0.1) is 0 Å². The number of sulfonamides is 1. The summed E-state index contributed by atoms with van der Waals surface area (Å²) < 4.78 is 30.1. The molecule has 0 aliphatic heterocycles. The van der Waals surface area contributed by atoms with Crippen LogP contribution in [-0.2, 0) is 21.2 Å². The van der Waals surface area contributed by atoms with Crippen molar-refractivity contribution in [3.05, 3.63) is 29.8 Å². The third-order valence-electron chi connectivity index (χ3n) is 2.27. The Labute approximate surface area is 114 Å². The number of anilines is 1. The lowest BCUT2D eigenvalue weighted by Gasteiger charge is -2.06. The number of ether oxygens (including phenoxy) is 1. The van der Waals surface area contributed by atoms with Gasteiger partial charge in [-0.2, -0.15) is 0 Å². The molecule has 0 amide bonds. The van der Waals surface area contributed by atoms with E-state index in [9.17, 15) is 8.42 Å². The first-order valence-corrected chi connectivity index (χ1v) is 6.99. The average molecular weight is 295 g/mol. The van der Waals surface area contributed by atoms with Crippen LogP contribution in [0.4, 0.5) is 5.69 Å². The van der Waals surface area contributed by atoms with Gasteiger partial charge in [-0.3, -0.25) is 0 Å². The molecule has 7 heteroatoms. The van der Waals surface area contributed by atoms with E-state index in [0.717, 1.165) is 5.56 Å². The number of halogens is 1. The van der Waals surface area contributed by atoms with Gasteiger partial charge >= 0.3 is 0 Å². The number of hydrogen-bond acceptors (Lipinski definition) is 4.